The number of nitrogens with one attached hydrogen (secondary N) is 1. The fourth-order valence-corrected chi connectivity index (χ4v) is 2.97. The SMILES string of the molecule is O=C(CC(c1ccccc1)c1ccccc1)NCc1cc(F)cc(F)c1. The van der Waals surface area contributed by atoms with Crippen molar-refractivity contribution in [1.82, 2.24) is 5.32 Å². The molecule has 0 atom stereocenters. The van der Waals surface area contributed by atoms with E-state index in [9.17, 15) is 13.6 Å². The zero-order valence-corrected chi connectivity index (χ0v) is 14.2. The van der Waals surface area contributed by atoms with Crippen LogP contribution in [-0.2, 0) is 11.3 Å². The first kappa shape index (κ1) is 17.8. The van der Waals surface area contributed by atoms with Gasteiger partial charge in [0, 0.05) is 24.9 Å². The minimum atomic E-state index is -0.652. The van der Waals surface area contributed by atoms with Crippen molar-refractivity contribution < 1.29 is 13.6 Å². The predicted octanol–water partition coefficient (Wildman–Crippen LogP) is 4.80. The van der Waals surface area contributed by atoms with Crippen LogP contribution in [0, 0.1) is 11.6 Å². The number of carbonyl (C=O) groups is 1. The molecule has 0 aliphatic rings. The number of amides is 1. The van der Waals surface area contributed by atoms with Gasteiger partial charge in [-0.1, -0.05) is 60.7 Å². The number of benzene rings is 3. The highest BCUT2D eigenvalue weighted by molar-refractivity contribution is 5.77. The van der Waals surface area contributed by atoms with Crippen LogP contribution in [0.1, 0.15) is 29.0 Å². The maximum absolute atomic E-state index is 13.3. The van der Waals surface area contributed by atoms with E-state index in [1.807, 2.05) is 60.7 Å². The summed E-state index contributed by atoms with van der Waals surface area (Å²) in [5.41, 5.74) is 2.49. The summed E-state index contributed by atoms with van der Waals surface area (Å²) >= 11 is 0. The van der Waals surface area contributed by atoms with Crippen LogP contribution in [0.15, 0.2) is 78.9 Å². The molecular weight excluding hydrogens is 332 g/mol. The van der Waals surface area contributed by atoms with E-state index >= 15 is 0 Å². The Morgan fingerprint density at radius 2 is 1.31 bits per heavy atom. The van der Waals surface area contributed by atoms with Gasteiger partial charge in [-0.3, -0.25) is 4.79 Å². The quantitative estimate of drug-likeness (QED) is 0.679. The molecule has 0 spiro atoms. The van der Waals surface area contributed by atoms with Gasteiger partial charge in [0.1, 0.15) is 11.6 Å². The van der Waals surface area contributed by atoms with Gasteiger partial charge in [-0.2, -0.15) is 0 Å². The van der Waals surface area contributed by atoms with E-state index in [-0.39, 0.29) is 24.8 Å². The van der Waals surface area contributed by atoms with Crippen molar-refractivity contribution in [1.29, 1.82) is 0 Å². The van der Waals surface area contributed by atoms with Crippen molar-refractivity contribution in [3.8, 4) is 0 Å². The van der Waals surface area contributed by atoms with E-state index in [2.05, 4.69) is 5.32 Å². The van der Waals surface area contributed by atoms with E-state index in [1.54, 1.807) is 0 Å². The van der Waals surface area contributed by atoms with Crippen LogP contribution in [0.2, 0.25) is 0 Å². The van der Waals surface area contributed by atoms with E-state index < -0.39 is 11.6 Å². The molecule has 3 rings (SSSR count). The van der Waals surface area contributed by atoms with Crippen LogP contribution >= 0.6 is 0 Å². The summed E-state index contributed by atoms with van der Waals surface area (Å²) in [7, 11) is 0. The first-order chi connectivity index (χ1) is 12.6. The molecule has 0 fully saturated rings. The minimum Gasteiger partial charge on any atom is -0.352 e. The maximum Gasteiger partial charge on any atom is 0.221 e. The van der Waals surface area contributed by atoms with Gasteiger partial charge in [0.25, 0.3) is 0 Å². The highest BCUT2D eigenvalue weighted by Gasteiger charge is 2.18. The molecule has 1 amide bonds. The third-order valence-corrected chi connectivity index (χ3v) is 4.21. The molecule has 0 saturated heterocycles. The summed E-state index contributed by atoms with van der Waals surface area (Å²) in [4.78, 5) is 12.4. The first-order valence-electron chi connectivity index (χ1n) is 8.43. The molecule has 0 saturated carbocycles. The molecule has 1 N–H and O–H groups in total. The maximum atomic E-state index is 13.3. The van der Waals surface area contributed by atoms with Crippen molar-refractivity contribution in [2.45, 2.75) is 18.9 Å². The van der Waals surface area contributed by atoms with Gasteiger partial charge < -0.3 is 5.32 Å². The second kappa shape index (κ2) is 8.39. The molecule has 0 aromatic heterocycles. The zero-order chi connectivity index (χ0) is 18.4. The van der Waals surface area contributed by atoms with Crippen molar-refractivity contribution in [2.24, 2.45) is 0 Å². The summed E-state index contributed by atoms with van der Waals surface area (Å²) in [6.07, 6.45) is 0.256. The molecular formula is C22H19F2NO. The predicted molar refractivity (Wildman–Crippen MR) is 97.5 cm³/mol. The second-order valence-electron chi connectivity index (χ2n) is 6.13. The molecule has 0 bridgehead atoms. The van der Waals surface area contributed by atoms with Gasteiger partial charge in [0.05, 0.1) is 0 Å². The number of rotatable bonds is 6. The van der Waals surface area contributed by atoms with Crippen molar-refractivity contribution in [3.63, 3.8) is 0 Å². The Hall–Kier alpha value is -3.01. The van der Waals surface area contributed by atoms with Gasteiger partial charge in [-0.15, -0.1) is 0 Å². The van der Waals surface area contributed by atoms with Gasteiger partial charge in [-0.25, -0.2) is 8.78 Å². The Labute approximate surface area is 151 Å². The molecule has 0 aliphatic heterocycles. The van der Waals surface area contributed by atoms with Crippen LogP contribution in [-0.4, -0.2) is 5.91 Å². The van der Waals surface area contributed by atoms with Crippen molar-refractivity contribution in [2.75, 3.05) is 0 Å². The summed E-state index contributed by atoms with van der Waals surface area (Å²) in [6, 6.07) is 22.9. The lowest BCUT2D eigenvalue weighted by Crippen LogP contribution is -2.25. The van der Waals surface area contributed by atoms with Gasteiger partial charge >= 0.3 is 0 Å². The molecule has 0 heterocycles. The lowest BCUT2D eigenvalue weighted by atomic mass is 9.88. The van der Waals surface area contributed by atoms with E-state index in [1.165, 1.54) is 12.1 Å². The molecule has 3 aromatic rings. The molecule has 4 heteroatoms. The number of hydrogen-bond acceptors (Lipinski definition) is 1. The fourth-order valence-electron chi connectivity index (χ4n) is 2.97. The summed E-state index contributed by atoms with van der Waals surface area (Å²) in [6.45, 7) is 0.0871. The molecule has 3 aromatic carbocycles. The minimum absolute atomic E-state index is 0.0818. The average molecular weight is 351 g/mol. The fraction of sp³-hybridized carbons (Fsp3) is 0.136. The Balaban J connectivity index is 1.71. The summed E-state index contributed by atoms with van der Waals surface area (Å²) < 4.78 is 26.5. The summed E-state index contributed by atoms with van der Waals surface area (Å²) in [5.74, 6) is -1.56. The normalized spacial score (nSPS) is 10.7. The average Bonchev–Trinajstić information content (AvgIpc) is 2.65. The molecule has 0 unspecified atom stereocenters. The Morgan fingerprint density at radius 3 is 1.81 bits per heavy atom. The third kappa shape index (κ3) is 4.76. The Morgan fingerprint density at radius 1 is 0.808 bits per heavy atom. The van der Waals surface area contributed by atoms with E-state index in [4.69, 9.17) is 0 Å². The van der Waals surface area contributed by atoms with Crippen LogP contribution in [0.3, 0.4) is 0 Å². The Bertz CT molecular complexity index is 806. The standard InChI is InChI=1S/C22H19F2NO/c23-19-11-16(12-20(24)13-19)15-25-22(26)14-21(17-7-3-1-4-8-17)18-9-5-2-6-10-18/h1-13,21H,14-15H2,(H,25,26). The first-order valence-corrected chi connectivity index (χ1v) is 8.43. The lowest BCUT2D eigenvalue weighted by Gasteiger charge is -2.18. The van der Waals surface area contributed by atoms with Gasteiger partial charge in [0.2, 0.25) is 5.91 Å². The Kier molecular flexibility index (Phi) is 5.74. The van der Waals surface area contributed by atoms with Gasteiger partial charge in [0.15, 0.2) is 0 Å². The van der Waals surface area contributed by atoms with Crippen molar-refractivity contribution in [3.05, 3.63) is 107 Å². The number of halogens is 2. The van der Waals surface area contributed by atoms with Crippen molar-refractivity contribution >= 4 is 5.91 Å². The largest absolute Gasteiger partial charge is 0.352 e. The van der Waals surface area contributed by atoms with Crippen LogP contribution < -0.4 is 5.32 Å². The smallest absolute Gasteiger partial charge is 0.221 e. The second-order valence-corrected chi connectivity index (χ2v) is 6.13. The topological polar surface area (TPSA) is 29.1 Å². The number of carbonyl (C=O) groups excluding carboxylic acids is 1. The van der Waals surface area contributed by atoms with E-state index in [0.717, 1.165) is 17.2 Å². The van der Waals surface area contributed by atoms with Gasteiger partial charge in [-0.05, 0) is 28.8 Å². The monoisotopic (exact) mass is 351 g/mol. The summed E-state index contributed by atoms with van der Waals surface area (Å²) in [5, 5.41) is 2.75. The number of hydrogen-bond donors (Lipinski definition) is 1. The van der Waals surface area contributed by atoms with Crippen LogP contribution in [0.5, 0.6) is 0 Å². The van der Waals surface area contributed by atoms with E-state index in [0.29, 0.717) is 5.56 Å². The zero-order valence-electron chi connectivity index (χ0n) is 14.2. The van der Waals surface area contributed by atoms with Crippen LogP contribution in [0.25, 0.3) is 0 Å². The third-order valence-electron chi connectivity index (χ3n) is 4.21. The molecule has 132 valence electrons. The molecule has 0 aliphatic carbocycles. The highest BCUT2D eigenvalue weighted by Crippen LogP contribution is 2.27. The lowest BCUT2D eigenvalue weighted by molar-refractivity contribution is -0.121. The van der Waals surface area contributed by atoms with Crippen LogP contribution in [0.4, 0.5) is 8.78 Å². The highest BCUT2D eigenvalue weighted by atomic mass is 19.1. The molecule has 0 radical (unpaired) electrons. The molecule has 2 nitrogen and oxygen atoms in total. The molecule has 26 heavy (non-hydrogen) atoms.